The van der Waals surface area contributed by atoms with Crippen LogP contribution in [-0.4, -0.2) is 18.5 Å². The summed E-state index contributed by atoms with van der Waals surface area (Å²) in [4.78, 5) is 0. The molecule has 106 valence electrons. The zero-order valence-electron chi connectivity index (χ0n) is 11.6. The first-order valence-electron chi connectivity index (χ1n) is 7.73. The lowest BCUT2D eigenvalue weighted by Crippen LogP contribution is -2.45. The Hall–Kier alpha value is -0.180. The molecule has 3 heteroatoms. The summed E-state index contributed by atoms with van der Waals surface area (Å²) < 4.78 is 27.2. The van der Waals surface area contributed by atoms with Crippen LogP contribution in [0.1, 0.15) is 64.7 Å². The van der Waals surface area contributed by atoms with Gasteiger partial charge in [0.2, 0.25) is 5.92 Å². The van der Waals surface area contributed by atoms with Gasteiger partial charge < -0.3 is 5.32 Å². The molecule has 0 aliphatic heterocycles. The van der Waals surface area contributed by atoms with Gasteiger partial charge in [0, 0.05) is 18.9 Å². The summed E-state index contributed by atoms with van der Waals surface area (Å²) in [5, 5.41) is 3.59. The van der Waals surface area contributed by atoms with Crippen molar-refractivity contribution >= 4 is 0 Å². The van der Waals surface area contributed by atoms with Crippen LogP contribution in [-0.2, 0) is 0 Å². The Morgan fingerprint density at radius 3 is 2.39 bits per heavy atom. The molecular weight excluding hydrogens is 232 g/mol. The topological polar surface area (TPSA) is 12.0 Å². The summed E-state index contributed by atoms with van der Waals surface area (Å²) in [6, 6.07) is 0.346. The second-order valence-corrected chi connectivity index (χ2v) is 6.24. The molecule has 2 rings (SSSR count). The first-order chi connectivity index (χ1) is 8.62. The van der Waals surface area contributed by atoms with E-state index in [1.165, 1.54) is 25.7 Å². The molecule has 0 aromatic carbocycles. The van der Waals surface area contributed by atoms with E-state index in [0.29, 0.717) is 18.4 Å². The Labute approximate surface area is 110 Å². The van der Waals surface area contributed by atoms with E-state index in [1.807, 2.05) is 0 Å². The summed E-state index contributed by atoms with van der Waals surface area (Å²) in [5.41, 5.74) is 0. The molecule has 0 bridgehead atoms. The van der Waals surface area contributed by atoms with Crippen LogP contribution in [0.5, 0.6) is 0 Å². The van der Waals surface area contributed by atoms with E-state index in [4.69, 9.17) is 0 Å². The monoisotopic (exact) mass is 259 g/mol. The van der Waals surface area contributed by atoms with E-state index < -0.39 is 5.92 Å². The van der Waals surface area contributed by atoms with E-state index in [0.717, 1.165) is 19.4 Å². The van der Waals surface area contributed by atoms with Crippen molar-refractivity contribution < 1.29 is 8.78 Å². The fourth-order valence-corrected chi connectivity index (χ4v) is 3.86. The van der Waals surface area contributed by atoms with Crippen molar-refractivity contribution in [2.75, 3.05) is 6.54 Å². The lowest BCUT2D eigenvalue weighted by molar-refractivity contribution is -0.0614. The van der Waals surface area contributed by atoms with Crippen LogP contribution >= 0.6 is 0 Å². The number of hydrogen-bond acceptors (Lipinski definition) is 1. The van der Waals surface area contributed by atoms with Crippen molar-refractivity contribution in [1.82, 2.24) is 5.32 Å². The zero-order chi connectivity index (χ0) is 13.0. The quantitative estimate of drug-likeness (QED) is 0.773. The molecule has 2 aliphatic carbocycles. The predicted octanol–water partition coefficient (Wildman–Crippen LogP) is 4.37. The Morgan fingerprint density at radius 2 is 1.78 bits per heavy atom. The second kappa shape index (κ2) is 6.31. The molecule has 2 atom stereocenters. The average Bonchev–Trinajstić information content (AvgIpc) is 2.82. The second-order valence-electron chi connectivity index (χ2n) is 6.24. The highest BCUT2D eigenvalue weighted by molar-refractivity contribution is 4.91. The fourth-order valence-electron chi connectivity index (χ4n) is 3.86. The van der Waals surface area contributed by atoms with Crippen molar-refractivity contribution in [2.45, 2.75) is 76.7 Å². The highest BCUT2D eigenvalue weighted by Crippen LogP contribution is 2.42. The predicted molar refractivity (Wildman–Crippen MR) is 70.9 cm³/mol. The van der Waals surface area contributed by atoms with Crippen molar-refractivity contribution in [2.24, 2.45) is 11.8 Å². The van der Waals surface area contributed by atoms with Crippen LogP contribution in [0, 0.1) is 11.8 Å². The van der Waals surface area contributed by atoms with E-state index in [-0.39, 0.29) is 18.8 Å². The molecule has 2 saturated carbocycles. The largest absolute Gasteiger partial charge is 0.313 e. The van der Waals surface area contributed by atoms with Gasteiger partial charge in [-0.2, -0.15) is 0 Å². The molecule has 2 aliphatic rings. The molecule has 1 nitrogen and oxygen atoms in total. The smallest absolute Gasteiger partial charge is 0.248 e. The standard InChI is InChI=1S/C15H27F2N/c1-2-10-18-14(12-6-3-4-7-12)13-8-5-9-15(16,17)11-13/h12-14,18H,2-11H2,1H3. The average molecular weight is 259 g/mol. The van der Waals surface area contributed by atoms with E-state index in [9.17, 15) is 8.78 Å². The molecule has 0 aromatic heterocycles. The van der Waals surface area contributed by atoms with Crippen molar-refractivity contribution in [3.8, 4) is 0 Å². The number of halogens is 2. The van der Waals surface area contributed by atoms with Crippen molar-refractivity contribution in [3.05, 3.63) is 0 Å². The van der Waals surface area contributed by atoms with Gasteiger partial charge in [-0.15, -0.1) is 0 Å². The van der Waals surface area contributed by atoms with Crippen molar-refractivity contribution in [3.63, 3.8) is 0 Å². The lowest BCUT2D eigenvalue weighted by Gasteiger charge is -2.38. The van der Waals surface area contributed by atoms with Gasteiger partial charge in [0.25, 0.3) is 0 Å². The van der Waals surface area contributed by atoms with Gasteiger partial charge in [-0.3, -0.25) is 0 Å². The normalized spacial score (nSPS) is 30.5. The third-order valence-corrected chi connectivity index (χ3v) is 4.72. The number of nitrogens with one attached hydrogen (secondary N) is 1. The van der Waals surface area contributed by atoms with E-state index in [1.54, 1.807) is 0 Å². The summed E-state index contributed by atoms with van der Waals surface area (Å²) in [7, 11) is 0. The maximum Gasteiger partial charge on any atom is 0.248 e. The number of alkyl halides is 2. The Morgan fingerprint density at radius 1 is 1.11 bits per heavy atom. The third-order valence-electron chi connectivity index (χ3n) is 4.72. The first kappa shape index (κ1) is 14.2. The molecule has 0 aromatic rings. The Bertz CT molecular complexity index is 249. The highest BCUT2D eigenvalue weighted by Gasteiger charge is 2.41. The Kier molecular flexibility index (Phi) is 4.99. The van der Waals surface area contributed by atoms with Crippen LogP contribution in [0.4, 0.5) is 8.78 Å². The molecule has 0 amide bonds. The van der Waals surface area contributed by atoms with Crippen LogP contribution in [0.2, 0.25) is 0 Å². The fraction of sp³-hybridized carbons (Fsp3) is 1.00. The molecule has 0 radical (unpaired) electrons. The Balaban J connectivity index is 1.97. The molecule has 18 heavy (non-hydrogen) atoms. The van der Waals surface area contributed by atoms with Gasteiger partial charge in [0.1, 0.15) is 0 Å². The van der Waals surface area contributed by atoms with Crippen LogP contribution in [0.3, 0.4) is 0 Å². The zero-order valence-corrected chi connectivity index (χ0v) is 11.6. The summed E-state index contributed by atoms with van der Waals surface area (Å²) in [6.45, 7) is 3.12. The van der Waals surface area contributed by atoms with Crippen molar-refractivity contribution in [1.29, 1.82) is 0 Å². The van der Waals surface area contributed by atoms with E-state index in [2.05, 4.69) is 12.2 Å². The lowest BCUT2D eigenvalue weighted by atomic mass is 9.76. The highest BCUT2D eigenvalue weighted by atomic mass is 19.3. The van der Waals surface area contributed by atoms with Gasteiger partial charge in [-0.25, -0.2) is 8.78 Å². The van der Waals surface area contributed by atoms with E-state index >= 15 is 0 Å². The van der Waals surface area contributed by atoms with Crippen LogP contribution in [0.15, 0.2) is 0 Å². The summed E-state index contributed by atoms with van der Waals surface area (Å²) in [6.07, 6.45) is 8.07. The third kappa shape index (κ3) is 3.66. The SMILES string of the molecule is CCCNC(C1CCCC1)C1CCCC(F)(F)C1. The van der Waals surface area contributed by atoms with Gasteiger partial charge in [0.05, 0.1) is 0 Å². The molecule has 0 saturated heterocycles. The first-order valence-corrected chi connectivity index (χ1v) is 7.73. The van der Waals surface area contributed by atoms with Crippen LogP contribution < -0.4 is 5.32 Å². The molecule has 0 spiro atoms. The number of hydrogen-bond donors (Lipinski definition) is 1. The number of rotatable bonds is 5. The maximum absolute atomic E-state index is 13.6. The molecule has 2 fully saturated rings. The van der Waals surface area contributed by atoms with Gasteiger partial charge in [-0.05, 0) is 50.5 Å². The van der Waals surface area contributed by atoms with Gasteiger partial charge in [-0.1, -0.05) is 19.8 Å². The molecular formula is C15H27F2N. The van der Waals surface area contributed by atoms with Gasteiger partial charge >= 0.3 is 0 Å². The van der Waals surface area contributed by atoms with Crippen LogP contribution in [0.25, 0.3) is 0 Å². The van der Waals surface area contributed by atoms with Gasteiger partial charge in [0.15, 0.2) is 0 Å². The summed E-state index contributed by atoms with van der Waals surface area (Å²) >= 11 is 0. The minimum absolute atomic E-state index is 0.106. The maximum atomic E-state index is 13.6. The molecule has 2 unspecified atom stereocenters. The summed E-state index contributed by atoms with van der Waals surface area (Å²) in [5.74, 6) is -1.56. The minimum Gasteiger partial charge on any atom is -0.313 e. The molecule has 1 N–H and O–H groups in total. The molecule has 0 heterocycles. The minimum atomic E-state index is -2.41.